The maximum atomic E-state index is 13.0. The average molecular weight is 403 g/mol. The quantitative estimate of drug-likeness (QED) is 0.640. The van der Waals surface area contributed by atoms with Gasteiger partial charge in [0.25, 0.3) is 5.91 Å². The molecule has 1 aliphatic rings. The number of anilines is 1. The van der Waals surface area contributed by atoms with E-state index in [-0.39, 0.29) is 6.54 Å². The Morgan fingerprint density at radius 1 is 1.03 bits per heavy atom. The Balaban J connectivity index is 1.52. The first-order valence-corrected chi connectivity index (χ1v) is 9.48. The maximum Gasteiger partial charge on any atom is 0.325 e. The number of nitrogens with zero attached hydrogens (tertiary/aromatic N) is 1. The third-order valence-electron chi connectivity index (χ3n) is 5.31. The van der Waals surface area contributed by atoms with Crippen LogP contribution in [-0.2, 0) is 15.1 Å². The Hall–Kier alpha value is -3.87. The van der Waals surface area contributed by atoms with Gasteiger partial charge >= 0.3 is 6.03 Å². The van der Waals surface area contributed by atoms with Crippen LogP contribution < -0.4 is 15.4 Å². The van der Waals surface area contributed by atoms with Crippen molar-refractivity contribution in [3.8, 4) is 5.75 Å². The molecule has 7 heteroatoms. The van der Waals surface area contributed by atoms with Crippen molar-refractivity contribution in [2.24, 2.45) is 0 Å². The number of carbonyl (C=O) groups excluding carboxylic acids is 3. The molecule has 4 amide bonds. The lowest BCUT2D eigenvalue weighted by Crippen LogP contribution is -2.42. The molecule has 4 rings (SSSR count). The van der Waals surface area contributed by atoms with Gasteiger partial charge in [0.05, 0.1) is 7.11 Å². The van der Waals surface area contributed by atoms with Gasteiger partial charge in [-0.05, 0) is 36.1 Å². The van der Waals surface area contributed by atoms with Crippen LogP contribution >= 0.6 is 0 Å². The summed E-state index contributed by atoms with van der Waals surface area (Å²) in [5, 5.41) is 7.37. The van der Waals surface area contributed by atoms with E-state index in [1.165, 1.54) is 0 Å². The number of carbonyl (C=O) groups is 3. The van der Waals surface area contributed by atoms with Crippen molar-refractivity contribution in [3.05, 3.63) is 72.3 Å². The normalized spacial score (nSPS) is 18.4. The molecule has 7 nitrogen and oxygen atoms in total. The molecule has 3 aromatic carbocycles. The van der Waals surface area contributed by atoms with Crippen molar-refractivity contribution < 1.29 is 19.1 Å². The minimum atomic E-state index is -1.25. The average Bonchev–Trinajstić information content (AvgIpc) is 2.98. The number of benzene rings is 3. The van der Waals surface area contributed by atoms with Crippen LogP contribution in [0.2, 0.25) is 0 Å². The molecule has 0 bridgehead atoms. The monoisotopic (exact) mass is 403 g/mol. The van der Waals surface area contributed by atoms with Gasteiger partial charge in [-0.15, -0.1) is 0 Å². The summed E-state index contributed by atoms with van der Waals surface area (Å²) in [4.78, 5) is 39.1. The van der Waals surface area contributed by atoms with Gasteiger partial charge < -0.3 is 15.4 Å². The summed E-state index contributed by atoms with van der Waals surface area (Å²) in [6.45, 7) is 1.25. The zero-order chi connectivity index (χ0) is 21.3. The van der Waals surface area contributed by atoms with E-state index in [0.29, 0.717) is 17.0 Å². The molecule has 0 aromatic heterocycles. The lowest BCUT2D eigenvalue weighted by Gasteiger charge is -2.22. The molecule has 1 heterocycles. The van der Waals surface area contributed by atoms with Gasteiger partial charge in [0, 0.05) is 11.1 Å². The summed E-state index contributed by atoms with van der Waals surface area (Å²) in [6.07, 6.45) is 0. The van der Waals surface area contributed by atoms with Crippen molar-refractivity contribution >= 4 is 34.3 Å². The number of amides is 4. The van der Waals surface area contributed by atoms with E-state index < -0.39 is 23.4 Å². The molecule has 1 fully saturated rings. The number of imide groups is 1. The minimum absolute atomic E-state index is 0.375. The van der Waals surface area contributed by atoms with Gasteiger partial charge in [0.2, 0.25) is 5.91 Å². The van der Waals surface area contributed by atoms with Crippen LogP contribution in [-0.4, -0.2) is 36.4 Å². The first-order valence-electron chi connectivity index (χ1n) is 9.48. The fraction of sp³-hybridized carbons (Fsp3) is 0.174. The number of methoxy groups -OCH3 is 1. The summed E-state index contributed by atoms with van der Waals surface area (Å²) in [7, 11) is 1.55. The first-order chi connectivity index (χ1) is 14.4. The summed E-state index contributed by atoms with van der Waals surface area (Å²) < 4.78 is 5.14. The van der Waals surface area contributed by atoms with Crippen LogP contribution in [0.3, 0.4) is 0 Å². The number of nitrogens with one attached hydrogen (secondary N) is 2. The van der Waals surface area contributed by atoms with Gasteiger partial charge in [-0.2, -0.15) is 0 Å². The third kappa shape index (κ3) is 3.34. The Morgan fingerprint density at radius 3 is 2.47 bits per heavy atom. The molecule has 3 aromatic rings. The van der Waals surface area contributed by atoms with Gasteiger partial charge in [0.15, 0.2) is 0 Å². The van der Waals surface area contributed by atoms with Crippen LogP contribution in [0.1, 0.15) is 12.5 Å². The second kappa shape index (κ2) is 7.51. The predicted molar refractivity (Wildman–Crippen MR) is 113 cm³/mol. The highest BCUT2D eigenvalue weighted by Gasteiger charge is 2.49. The molecule has 152 valence electrons. The fourth-order valence-corrected chi connectivity index (χ4v) is 3.63. The smallest absolute Gasteiger partial charge is 0.325 e. The second-order valence-electron chi connectivity index (χ2n) is 7.25. The molecular weight excluding hydrogens is 382 g/mol. The number of hydrogen-bond acceptors (Lipinski definition) is 4. The van der Waals surface area contributed by atoms with Gasteiger partial charge in [-0.1, -0.05) is 48.5 Å². The minimum Gasteiger partial charge on any atom is -0.497 e. The van der Waals surface area contributed by atoms with E-state index in [4.69, 9.17) is 4.74 Å². The summed E-state index contributed by atoms with van der Waals surface area (Å²) in [6, 6.07) is 19.5. The zero-order valence-corrected chi connectivity index (χ0v) is 16.6. The Labute approximate surface area is 173 Å². The molecule has 0 unspecified atom stereocenters. The van der Waals surface area contributed by atoms with E-state index >= 15 is 0 Å². The number of hydrogen-bond donors (Lipinski definition) is 2. The molecule has 30 heavy (non-hydrogen) atoms. The molecule has 0 aliphatic carbocycles. The number of rotatable bonds is 5. The molecule has 2 N–H and O–H groups in total. The van der Waals surface area contributed by atoms with Gasteiger partial charge in [-0.25, -0.2) is 4.79 Å². The first kappa shape index (κ1) is 19.4. The maximum absolute atomic E-state index is 13.0. The topological polar surface area (TPSA) is 87.7 Å². The SMILES string of the molecule is COc1ccc([C@@]2(C)NC(=O)N(CC(=O)Nc3cccc4ccccc34)C2=O)cc1. The largest absolute Gasteiger partial charge is 0.497 e. The highest BCUT2D eigenvalue weighted by Crippen LogP contribution is 2.30. The van der Waals surface area contributed by atoms with E-state index in [1.54, 1.807) is 44.4 Å². The van der Waals surface area contributed by atoms with Gasteiger partial charge in [0.1, 0.15) is 17.8 Å². The lowest BCUT2D eigenvalue weighted by molar-refractivity contribution is -0.133. The lowest BCUT2D eigenvalue weighted by atomic mass is 9.92. The summed E-state index contributed by atoms with van der Waals surface area (Å²) >= 11 is 0. The van der Waals surface area contributed by atoms with E-state index in [0.717, 1.165) is 15.7 Å². The Morgan fingerprint density at radius 2 is 1.73 bits per heavy atom. The fourth-order valence-electron chi connectivity index (χ4n) is 3.63. The van der Waals surface area contributed by atoms with E-state index in [2.05, 4.69) is 10.6 Å². The molecule has 0 saturated carbocycles. The number of ether oxygens (including phenoxy) is 1. The van der Waals surface area contributed by atoms with Crippen molar-refractivity contribution in [3.63, 3.8) is 0 Å². The third-order valence-corrected chi connectivity index (χ3v) is 5.31. The van der Waals surface area contributed by atoms with Crippen molar-refractivity contribution in [2.75, 3.05) is 19.0 Å². The van der Waals surface area contributed by atoms with Crippen LogP contribution in [0.15, 0.2) is 66.7 Å². The molecule has 0 spiro atoms. The Bertz CT molecular complexity index is 1140. The van der Waals surface area contributed by atoms with Crippen molar-refractivity contribution in [2.45, 2.75) is 12.5 Å². The van der Waals surface area contributed by atoms with Crippen molar-refractivity contribution in [1.29, 1.82) is 0 Å². The van der Waals surface area contributed by atoms with Crippen LogP contribution in [0.25, 0.3) is 10.8 Å². The predicted octanol–water partition coefficient (Wildman–Crippen LogP) is 3.25. The second-order valence-corrected chi connectivity index (χ2v) is 7.25. The van der Waals surface area contributed by atoms with Crippen LogP contribution in [0.5, 0.6) is 5.75 Å². The number of fused-ring (bicyclic) bond motifs is 1. The van der Waals surface area contributed by atoms with Crippen molar-refractivity contribution in [1.82, 2.24) is 10.2 Å². The summed E-state index contributed by atoms with van der Waals surface area (Å²) in [5.74, 6) is -0.287. The van der Waals surface area contributed by atoms with Gasteiger partial charge in [-0.3, -0.25) is 14.5 Å². The number of urea groups is 1. The molecule has 1 aliphatic heterocycles. The van der Waals surface area contributed by atoms with E-state index in [9.17, 15) is 14.4 Å². The van der Waals surface area contributed by atoms with Crippen LogP contribution in [0, 0.1) is 0 Å². The highest BCUT2D eigenvalue weighted by molar-refractivity contribution is 6.11. The molecule has 0 radical (unpaired) electrons. The standard InChI is InChI=1S/C23H21N3O4/c1-23(16-10-12-17(30-2)13-11-16)21(28)26(22(29)25-23)14-20(27)24-19-9-5-7-15-6-3-4-8-18(15)19/h3-13H,14H2,1-2H3,(H,24,27)(H,25,29)/t23-/m1/s1. The molecular formula is C23H21N3O4. The van der Waals surface area contributed by atoms with Crippen LogP contribution in [0.4, 0.5) is 10.5 Å². The zero-order valence-electron chi connectivity index (χ0n) is 16.6. The van der Waals surface area contributed by atoms with E-state index in [1.807, 2.05) is 36.4 Å². The molecule has 1 atom stereocenters. The highest BCUT2D eigenvalue weighted by atomic mass is 16.5. The Kier molecular flexibility index (Phi) is 4.87. The summed E-state index contributed by atoms with van der Waals surface area (Å²) in [5.41, 5.74) is -0.00928. The molecule has 1 saturated heterocycles.